The summed E-state index contributed by atoms with van der Waals surface area (Å²) in [6.07, 6.45) is 3.04. The fourth-order valence-corrected chi connectivity index (χ4v) is 4.06. The van der Waals surface area contributed by atoms with Gasteiger partial charge >= 0.3 is 11.7 Å². The van der Waals surface area contributed by atoms with E-state index in [2.05, 4.69) is 10.3 Å². The summed E-state index contributed by atoms with van der Waals surface area (Å²) in [4.78, 5) is 63.4. The highest BCUT2D eigenvalue weighted by Crippen LogP contribution is 2.17. The van der Waals surface area contributed by atoms with Crippen LogP contribution in [0.15, 0.2) is 64.2 Å². The van der Waals surface area contributed by atoms with Crippen LogP contribution in [0.25, 0.3) is 0 Å². The Kier molecular flexibility index (Phi) is 7.35. The molecule has 1 aliphatic carbocycles. The molecular weight excluding hydrogens is 450 g/mol. The molecule has 0 bridgehead atoms. The summed E-state index contributed by atoms with van der Waals surface area (Å²) in [6.45, 7) is -0.0833. The average molecular weight is 476 g/mol. The number of fused-ring (bicyclic) bond motifs is 1. The standard InChI is InChI=1S/C26H25N3O6/c30-22(17-10-12-19(13-11-17)35-25(33)18-6-2-1-3-7-18)16-27-23(31)14-15-29-21-9-5-4-8-20(21)24(32)28-26(29)34/h1-3,6-7,10-13H,4-5,8-9,14-16H2,(H,27,31)(H,28,32,34). The van der Waals surface area contributed by atoms with Gasteiger partial charge in [-0.2, -0.15) is 0 Å². The topological polar surface area (TPSA) is 127 Å². The lowest BCUT2D eigenvalue weighted by Gasteiger charge is -2.19. The first-order valence-corrected chi connectivity index (χ1v) is 11.4. The molecule has 3 aromatic rings. The Labute approximate surface area is 200 Å². The molecule has 9 nitrogen and oxygen atoms in total. The predicted molar refractivity (Wildman–Crippen MR) is 128 cm³/mol. The number of hydrogen-bond acceptors (Lipinski definition) is 6. The van der Waals surface area contributed by atoms with E-state index < -0.39 is 11.7 Å². The van der Waals surface area contributed by atoms with Crippen LogP contribution in [0.1, 0.15) is 51.2 Å². The van der Waals surface area contributed by atoms with Crippen molar-refractivity contribution in [2.75, 3.05) is 6.54 Å². The maximum atomic E-state index is 12.4. The minimum absolute atomic E-state index is 0.0000455. The molecule has 0 aliphatic heterocycles. The lowest BCUT2D eigenvalue weighted by Crippen LogP contribution is -2.38. The van der Waals surface area contributed by atoms with E-state index >= 15 is 0 Å². The molecule has 35 heavy (non-hydrogen) atoms. The molecule has 0 unspecified atom stereocenters. The number of aromatic amines is 1. The monoisotopic (exact) mass is 475 g/mol. The van der Waals surface area contributed by atoms with E-state index in [-0.39, 0.29) is 36.8 Å². The molecule has 0 spiro atoms. The fraction of sp³-hybridized carbons (Fsp3) is 0.269. The number of benzene rings is 2. The van der Waals surface area contributed by atoms with E-state index in [1.54, 1.807) is 30.3 Å². The number of ether oxygens (including phenoxy) is 1. The second-order valence-electron chi connectivity index (χ2n) is 8.27. The Morgan fingerprint density at radius 2 is 1.63 bits per heavy atom. The molecule has 1 amide bonds. The van der Waals surface area contributed by atoms with Crippen LogP contribution in [0.4, 0.5) is 0 Å². The van der Waals surface area contributed by atoms with Crippen molar-refractivity contribution in [2.24, 2.45) is 0 Å². The number of aromatic nitrogens is 2. The Balaban J connectivity index is 1.29. The summed E-state index contributed by atoms with van der Waals surface area (Å²) in [5.74, 6) is -0.888. The normalized spacial score (nSPS) is 12.5. The maximum Gasteiger partial charge on any atom is 0.343 e. The fourth-order valence-electron chi connectivity index (χ4n) is 4.06. The number of H-pyrrole nitrogens is 1. The van der Waals surface area contributed by atoms with Crippen LogP contribution in [0.3, 0.4) is 0 Å². The predicted octanol–water partition coefficient (Wildman–Crippen LogP) is 2.02. The van der Waals surface area contributed by atoms with Crippen LogP contribution in [-0.4, -0.2) is 33.8 Å². The second kappa shape index (κ2) is 10.8. The zero-order valence-electron chi connectivity index (χ0n) is 19.0. The minimum atomic E-state index is -0.521. The van der Waals surface area contributed by atoms with Crippen LogP contribution >= 0.6 is 0 Å². The second-order valence-corrected chi connectivity index (χ2v) is 8.27. The number of ketones is 1. The van der Waals surface area contributed by atoms with Crippen molar-refractivity contribution >= 4 is 17.7 Å². The van der Waals surface area contributed by atoms with Gasteiger partial charge in [-0.05, 0) is 62.1 Å². The molecule has 2 aromatic carbocycles. The van der Waals surface area contributed by atoms with Crippen LogP contribution in [0.2, 0.25) is 0 Å². The van der Waals surface area contributed by atoms with Gasteiger partial charge in [0, 0.05) is 29.8 Å². The van der Waals surface area contributed by atoms with Crippen molar-refractivity contribution in [3.05, 3.63) is 97.8 Å². The highest BCUT2D eigenvalue weighted by molar-refractivity contribution is 5.99. The van der Waals surface area contributed by atoms with Gasteiger partial charge in [0.1, 0.15) is 5.75 Å². The third kappa shape index (κ3) is 5.81. The molecule has 2 N–H and O–H groups in total. The molecule has 0 radical (unpaired) electrons. The molecule has 0 saturated carbocycles. The number of carbonyl (C=O) groups excluding carboxylic acids is 3. The van der Waals surface area contributed by atoms with Gasteiger partial charge in [0.25, 0.3) is 5.56 Å². The molecule has 9 heteroatoms. The van der Waals surface area contributed by atoms with Gasteiger partial charge in [0.15, 0.2) is 5.78 Å². The number of rotatable bonds is 8. The van der Waals surface area contributed by atoms with Crippen LogP contribution in [-0.2, 0) is 24.2 Å². The molecule has 0 fully saturated rings. The van der Waals surface area contributed by atoms with Crippen LogP contribution in [0.5, 0.6) is 5.75 Å². The first-order chi connectivity index (χ1) is 16.9. The molecule has 1 aliphatic rings. The average Bonchev–Trinajstić information content (AvgIpc) is 2.88. The van der Waals surface area contributed by atoms with Gasteiger partial charge < -0.3 is 10.1 Å². The number of nitrogens with zero attached hydrogens (tertiary/aromatic N) is 1. The summed E-state index contributed by atoms with van der Waals surface area (Å²) in [7, 11) is 0. The molecule has 1 aromatic heterocycles. The van der Waals surface area contributed by atoms with E-state index in [9.17, 15) is 24.0 Å². The lowest BCUT2D eigenvalue weighted by atomic mass is 9.97. The van der Waals surface area contributed by atoms with Gasteiger partial charge in [0.2, 0.25) is 5.91 Å². The van der Waals surface area contributed by atoms with Gasteiger partial charge in [-0.1, -0.05) is 18.2 Å². The van der Waals surface area contributed by atoms with E-state index in [1.165, 1.54) is 28.8 Å². The van der Waals surface area contributed by atoms with Crippen molar-refractivity contribution in [3.8, 4) is 5.75 Å². The summed E-state index contributed by atoms with van der Waals surface area (Å²) in [5, 5.41) is 2.57. The smallest absolute Gasteiger partial charge is 0.343 e. The summed E-state index contributed by atoms with van der Waals surface area (Å²) < 4.78 is 6.75. The van der Waals surface area contributed by atoms with Crippen molar-refractivity contribution in [1.82, 2.24) is 14.9 Å². The third-order valence-corrected chi connectivity index (χ3v) is 5.91. The lowest BCUT2D eigenvalue weighted by molar-refractivity contribution is -0.121. The summed E-state index contributed by atoms with van der Waals surface area (Å²) in [5.41, 5.74) is 1.21. The molecule has 0 saturated heterocycles. The van der Waals surface area contributed by atoms with Gasteiger partial charge in [-0.15, -0.1) is 0 Å². The molecule has 180 valence electrons. The zero-order valence-corrected chi connectivity index (χ0v) is 19.0. The zero-order chi connectivity index (χ0) is 24.8. The number of nitrogens with one attached hydrogen (secondary N) is 2. The molecule has 1 heterocycles. The quantitative estimate of drug-likeness (QED) is 0.292. The van der Waals surface area contributed by atoms with E-state index in [0.717, 1.165) is 12.8 Å². The number of Topliss-reactive ketones (excluding diaryl/α,β-unsaturated/α-hetero) is 1. The van der Waals surface area contributed by atoms with Gasteiger partial charge in [0.05, 0.1) is 12.1 Å². The van der Waals surface area contributed by atoms with Crippen LogP contribution < -0.4 is 21.3 Å². The van der Waals surface area contributed by atoms with Crippen molar-refractivity contribution in [1.29, 1.82) is 0 Å². The number of esters is 1. The Morgan fingerprint density at radius 1 is 0.914 bits per heavy atom. The molecule has 4 rings (SSSR count). The number of carbonyl (C=O) groups is 3. The SMILES string of the molecule is O=C(CCn1c2c(c(=O)[nH]c1=O)CCCC2)NCC(=O)c1ccc(OC(=O)c2ccccc2)cc1. The first kappa shape index (κ1) is 23.9. The van der Waals surface area contributed by atoms with E-state index in [4.69, 9.17) is 4.74 Å². The third-order valence-electron chi connectivity index (χ3n) is 5.91. The van der Waals surface area contributed by atoms with E-state index in [1.807, 2.05) is 0 Å². The maximum absolute atomic E-state index is 12.4. The van der Waals surface area contributed by atoms with Crippen molar-refractivity contribution < 1.29 is 19.1 Å². The summed E-state index contributed by atoms with van der Waals surface area (Å²) in [6, 6.07) is 14.6. The Hall–Kier alpha value is -4.27. The highest BCUT2D eigenvalue weighted by Gasteiger charge is 2.19. The van der Waals surface area contributed by atoms with Gasteiger partial charge in [-0.3, -0.25) is 23.9 Å². The Morgan fingerprint density at radius 3 is 2.37 bits per heavy atom. The summed E-state index contributed by atoms with van der Waals surface area (Å²) >= 11 is 0. The first-order valence-electron chi connectivity index (χ1n) is 11.4. The van der Waals surface area contributed by atoms with Crippen molar-refractivity contribution in [3.63, 3.8) is 0 Å². The number of amides is 1. The van der Waals surface area contributed by atoms with Crippen LogP contribution in [0, 0.1) is 0 Å². The highest BCUT2D eigenvalue weighted by atomic mass is 16.5. The molecular formula is C26H25N3O6. The Bertz CT molecular complexity index is 1360. The van der Waals surface area contributed by atoms with E-state index in [0.29, 0.717) is 41.0 Å². The van der Waals surface area contributed by atoms with Crippen molar-refractivity contribution in [2.45, 2.75) is 38.6 Å². The largest absolute Gasteiger partial charge is 0.423 e. The minimum Gasteiger partial charge on any atom is -0.423 e. The molecule has 0 atom stereocenters. The van der Waals surface area contributed by atoms with Gasteiger partial charge in [-0.25, -0.2) is 9.59 Å². The number of hydrogen-bond donors (Lipinski definition) is 2.